The summed E-state index contributed by atoms with van der Waals surface area (Å²) in [5.74, 6) is 0.383. The fourth-order valence-corrected chi connectivity index (χ4v) is 1.25. The average Bonchev–Trinajstić information content (AvgIpc) is 2.19. The zero-order chi connectivity index (χ0) is 10.4. The second kappa shape index (κ2) is 5.45. The van der Waals surface area contributed by atoms with Crippen LogP contribution in [0.1, 0.15) is 17.5 Å². The third kappa shape index (κ3) is 2.89. The van der Waals surface area contributed by atoms with Crippen molar-refractivity contribution in [3.05, 3.63) is 35.4 Å². The van der Waals surface area contributed by atoms with E-state index in [0.29, 0.717) is 5.75 Å². The van der Waals surface area contributed by atoms with Crippen molar-refractivity contribution in [2.24, 2.45) is 0 Å². The van der Waals surface area contributed by atoms with Crippen molar-refractivity contribution in [1.82, 2.24) is 5.32 Å². The van der Waals surface area contributed by atoms with Crippen LogP contribution in [0.15, 0.2) is 24.3 Å². The van der Waals surface area contributed by atoms with E-state index in [0.717, 1.165) is 24.1 Å². The Morgan fingerprint density at radius 2 is 2.21 bits per heavy atom. The summed E-state index contributed by atoms with van der Waals surface area (Å²) in [6, 6.07) is 5.77. The van der Waals surface area contributed by atoms with E-state index in [9.17, 15) is 5.11 Å². The van der Waals surface area contributed by atoms with E-state index in [1.807, 2.05) is 38.2 Å². The fraction of sp³-hybridized carbons (Fsp3) is 0.333. The van der Waals surface area contributed by atoms with Gasteiger partial charge in [0, 0.05) is 5.56 Å². The molecule has 0 aliphatic carbocycles. The van der Waals surface area contributed by atoms with Gasteiger partial charge in [0.25, 0.3) is 0 Å². The number of aromatic hydroxyl groups is 1. The molecule has 0 heterocycles. The van der Waals surface area contributed by atoms with Crippen LogP contribution < -0.4 is 5.32 Å². The molecule has 0 spiro atoms. The zero-order valence-corrected chi connectivity index (χ0v) is 8.75. The van der Waals surface area contributed by atoms with Crippen molar-refractivity contribution < 1.29 is 5.11 Å². The maximum absolute atomic E-state index is 9.69. The Labute approximate surface area is 85.3 Å². The molecule has 14 heavy (non-hydrogen) atoms. The minimum absolute atomic E-state index is 0.383. The lowest BCUT2D eigenvalue weighted by atomic mass is 10.1. The van der Waals surface area contributed by atoms with Gasteiger partial charge >= 0.3 is 0 Å². The molecule has 2 heteroatoms. The van der Waals surface area contributed by atoms with Gasteiger partial charge in [-0.15, -0.1) is 0 Å². The Balaban J connectivity index is 2.67. The molecule has 0 saturated carbocycles. The SMILES string of the molecule is CNCCC=Cc1cccc(C)c1O. The van der Waals surface area contributed by atoms with Gasteiger partial charge in [0.15, 0.2) is 0 Å². The van der Waals surface area contributed by atoms with Gasteiger partial charge in [-0.2, -0.15) is 0 Å². The molecule has 0 fully saturated rings. The number of nitrogens with one attached hydrogen (secondary N) is 1. The lowest BCUT2D eigenvalue weighted by Crippen LogP contribution is -2.05. The summed E-state index contributed by atoms with van der Waals surface area (Å²) < 4.78 is 0. The molecule has 0 atom stereocenters. The molecule has 2 nitrogen and oxygen atoms in total. The maximum Gasteiger partial charge on any atom is 0.125 e. The molecule has 1 aromatic rings. The summed E-state index contributed by atoms with van der Waals surface area (Å²) in [6.07, 6.45) is 4.99. The molecular weight excluding hydrogens is 174 g/mol. The van der Waals surface area contributed by atoms with Gasteiger partial charge in [-0.3, -0.25) is 0 Å². The Hall–Kier alpha value is -1.28. The van der Waals surface area contributed by atoms with Gasteiger partial charge in [-0.05, 0) is 32.5 Å². The Morgan fingerprint density at radius 3 is 2.93 bits per heavy atom. The second-order valence-electron chi connectivity index (χ2n) is 3.31. The first kappa shape index (κ1) is 10.8. The zero-order valence-electron chi connectivity index (χ0n) is 8.75. The van der Waals surface area contributed by atoms with Crippen molar-refractivity contribution in [1.29, 1.82) is 0 Å². The van der Waals surface area contributed by atoms with Gasteiger partial charge < -0.3 is 10.4 Å². The topological polar surface area (TPSA) is 32.3 Å². The predicted octanol–water partition coefficient (Wildman–Crippen LogP) is 2.32. The van der Waals surface area contributed by atoms with E-state index in [-0.39, 0.29) is 0 Å². The molecule has 0 amide bonds. The van der Waals surface area contributed by atoms with Crippen molar-refractivity contribution in [3.63, 3.8) is 0 Å². The quantitative estimate of drug-likeness (QED) is 0.716. The highest BCUT2D eigenvalue weighted by atomic mass is 16.3. The molecule has 0 aliphatic heterocycles. The third-order valence-corrected chi connectivity index (χ3v) is 2.13. The number of hydrogen-bond acceptors (Lipinski definition) is 2. The molecule has 0 aliphatic rings. The predicted molar refractivity (Wildman–Crippen MR) is 60.4 cm³/mol. The van der Waals surface area contributed by atoms with Crippen molar-refractivity contribution in [3.8, 4) is 5.75 Å². The number of rotatable bonds is 4. The van der Waals surface area contributed by atoms with Crippen molar-refractivity contribution in [2.75, 3.05) is 13.6 Å². The van der Waals surface area contributed by atoms with Gasteiger partial charge in [-0.25, -0.2) is 0 Å². The summed E-state index contributed by atoms with van der Waals surface area (Å²) in [6.45, 7) is 2.86. The lowest BCUT2D eigenvalue weighted by Gasteiger charge is -2.01. The Morgan fingerprint density at radius 1 is 1.43 bits per heavy atom. The van der Waals surface area contributed by atoms with Crippen LogP contribution in [-0.4, -0.2) is 18.7 Å². The third-order valence-electron chi connectivity index (χ3n) is 2.13. The van der Waals surface area contributed by atoms with Crippen LogP contribution in [0.4, 0.5) is 0 Å². The number of hydrogen-bond donors (Lipinski definition) is 2. The molecule has 76 valence electrons. The summed E-state index contributed by atoms with van der Waals surface area (Å²) in [4.78, 5) is 0. The number of aryl methyl sites for hydroxylation is 1. The van der Waals surface area contributed by atoms with E-state index < -0.39 is 0 Å². The summed E-state index contributed by atoms with van der Waals surface area (Å²) in [5, 5.41) is 12.8. The van der Waals surface area contributed by atoms with E-state index in [1.165, 1.54) is 0 Å². The molecular formula is C12H17NO. The summed E-state index contributed by atoms with van der Waals surface area (Å²) in [5.41, 5.74) is 1.81. The first-order valence-corrected chi connectivity index (χ1v) is 4.85. The van der Waals surface area contributed by atoms with Crippen LogP contribution in [0.2, 0.25) is 0 Å². The molecule has 1 aromatic carbocycles. The average molecular weight is 191 g/mol. The van der Waals surface area contributed by atoms with Gasteiger partial charge in [-0.1, -0.05) is 30.4 Å². The van der Waals surface area contributed by atoms with E-state index in [2.05, 4.69) is 11.4 Å². The molecule has 1 rings (SSSR count). The van der Waals surface area contributed by atoms with E-state index >= 15 is 0 Å². The maximum atomic E-state index is 9.69. The highest BCUT2D eigenvalue weighted by Gasteiger charge is 1.98. The standard InChI is InChI=1S/C12H17NO/c1-10-6-5-8-11(12(10)14)7-3-4-9-13-2/h3,5-8,13-14H,4,9H2,1-2H3. The molecule has 0 aromatic heterocycles. The van der Waals surface area contributed by atoms with Gasteiger partial charge in [0.1, 0.15) is 5.75 Å². The number of benzene rings is 1. The highest BCUT2D eigenvalue weighted by molar-refractivity contribution is 5.58. The monoisotopic (exact) mass is 191 g/mol. The molecule has 0 unspecified atom stereocenters. The second-order valence-corrected chi connectivity index (χ2v) is 3.31. The number of phenols is 1. The van der Waals surface area contributed by atoms with Crippen LogP contribution in [0.3, 0.4) is 0 Å². The lowest BCUT2D eigenvalue weighted by molar-refractivity contribution is 0.470. The van der Waals surface area contributed by atoms with Crippen LogP contribution in [-0.2, 0) is 0 Å². The van der Waals surface area contributed by atoms with E-state index in [1.54, 1.807) is 0 Å². The fourth-order valence-electron chi connectivity index (χ4n) is 1.25. The van der Waals surface area contributed by atoms with Crippen LogP contribution in [0.25, 0.3) is 6.08 Å². The largest absolute Gasteiger partial charge is 0.507 e. The van der Waals surface area contributed by atoms with Crippen LogP contribution in [0, 0.1) is 6.92 Å². The Kier molecular flexibility index (Phi) is 4.20. The smallest absolute Gasteiger partial charge is 0.125 e. The van der Waals surface area contributed by atoms with E-state index in [4.69, 9.17) is 0 Å². The summed E-state index contributed by atoms with van der Waals surface area (Å²) >= 11 is 0. The van der Waals surface area contributed by atoms with Crippen molar-refractivity contribution >= 4 is 6.08 Å². The minimum atomic E-state index is 0.383. The van der Waals surface area contributed by atoms with Gasteiger partial charge in [0.05, 0.1) is 0 Å². The van der Waals surface area contributed by atoms with Gasteiger partial charge in [0.2, 0.25) is 0 Å². The molecule has 0 bridgehead atoms. The Bertz CT molecular complexity index is 318. The molecule has 2 N–H and O–H groups in total. The van der Waals surface area contributed by atoms with Crippen molar-refractivity contribution in [2.45, 2.75) is 13.3 Å². The molecule has 0 radical (unpaired) electrons. The van der Waals surface area contributed by atoms with Crippen LogP contribution in [0.5, 0.6) is 5.75 Å². The number of phenolic OH excluding ortho intramolecular Hbond substituents is 1. The highest BCUT2D eigenvalue weighted by Crippen LogP contribution is 2.22. The van der Waals surface area contributed by atoms with Crippen LogP contribution >= 0.6 is 0 Å². The summed E-state index contributed by atoms with van der Waals surface area (Å²) in [7, 11) is 1.93. The normalized spacial score (nSPS) is 11.0. The molecule has 0 saturated heterocycles. The number of para-hydroxylation sites is 1. The minimum Gasteiger partial charge on any atom is -0.507 e. The first-order valence-electron chi connectivity index (χ1n) is 4.85. The first-order chi connectivity index (χ1) is 6.75.